The average molecular weight is 545 g/mol. The third-order valence-corrected chi connectivity index (χ3v) is 11.0. The van der Waals surface area contributed by atoms with E-state index in [0.717, 1.165) is 0 Å². The molecule has 2 unspecified atom stereocenters. The summed E-state index contributed by atoms with van der Waals surface area (Å²) in [6.45, 7) is 4.41. The Morgan fingerprint density at radius 2 is 1.90 bits per heavy atom. The van der Waals surface area contributed by atoms with E-state index in [-0.39, 0.29) is 18.6 Å². The van der Waals surface area contributed by atoms with Crippen molar-refractivity contribution in [3.8, 4) is 0 Å². The van der Waals surface area contributed by atoms with Crippen LogP contribution in [0.4, 0.5) is 4.39 Å². The van der Waals surface area contributed by atoms with Gasteiger partial charge in [-0.3, -0.25) is 19.2 Å². The summed E-state index contributed by atoms with van der Waals surface area (Å²) >= 11 is 0. The van der Waals surface area contributed by atoms with E-state index in [1.165, 1.54) is 18.2 Å². The maximum Gasteiger partial charge on any atom is 0.311 e. The van der Waals surface area contributed by atoms with Gasteiger partial charge in [-0.05, 0) is 69.4 Å². The molecule has 10 atom stereocenters. The lowest BCUT2D eigenvalue weighted by Crippen LogP contribution is -2.69. The minimum atomic E-state index is -2.08. The zero-order chi connectivity index (χ0) is 28.5. The summed E-state index contributed by atoms with van der Waals surface area (Å²) in [6, 6.07) is 0. The molecule has 3 N–H and O–H groups in total. The molecule has 0 saturated heterocycles. The van der Waals surface area contributed by atoms with Gasteiger partial charge < -0.3 is 20.1 Å². The van der Waals surface area contributed by atoms with E-state index in [0.29, 0.717) is 31.3 Å². The Morgan fingerprint density at radius 3 is 2.59 bits per heavy atom. The minimum Gasteiger partial charge on any atom is -0.481 e. The molecule has 0 spiro atoms. The van der Waals surface area contributed by atoms with Gasteiger partial charge in [0.05, 0.1) is 17.9 Å². The van der Waals surface area contributed by atoms with E-state index >= 15 is 4.39 Å². The predicted octanol–water partition coefficient (Wildman–Crippen LogP) is 3.11. The molecule has 5 aliphatic rings. The molecule has 0 amide bonds. The molecule has 0 bridgehead atoms. The molecule has 212 valence electrons. The zero-order valence-electron chi connectivity index (χ0n) is 22.6. The lowest BCUT2D eigenvalue weighted by Gasteiger charge is -2.62. The highest BCUT2D eigenvalue weighted by molar-refractivity contribution is 6.01. The van der Waals surface area contributed by atoms with Crippen LogP contribution >= 0.6 is 0 Å². The fraction of sp³-hybridized carbons (Fsp3) is 0.667. The highest BCUT2D eigenvalue weighted by Gasteiger charge is 2.75. The van der Waals surface area contributed by atoms with Crippen molar-refractivity contribution in [2.24, 2.45) is 40.4 Å². The topological polar surface area (TPSA) is 138 Å². The van der Waals surface area contributed by atoms with Crippen molar-refractivity contribution in [3.05, 3.63) is 36.0 Å². The number of ether oxygens (including phenoxy) is 1. The van der Waals surface area contributed by atoms with E-state index in [1.807, 2.05) is 0 Å². The number of allylic oxidation sites excluding steroid dienone is 5. The summed E-state index contributed by atoms with van der Waals surface area (Å²) in [4.78, 5) is 50.0. The first-order valence-corrected chi connectivity index (χ1v) is 13.8. The SMILES string of the molecule is C[C@@H]1C[C@H]2[C@@H]3CCC4=CC(=O)C=C[C@]4(C)[C@@]3(F)[C@@H](O)C[C@]2(C)[C@@]1(O)C(=O)COC(=O)C1CCC=CC1C(=O)O. The van der Waals surface area contributed by atoms with Crippen LogP contribution in [0.5, 0.6) is 0 Å². The molecule has 0 aliphatic heterocycles. The smallest absolute Gasteiger partial charge is 0.311 e. The number of carboxylic acid groups (broad SMARTS) is 1. The second-order valence-electron chi connectivity index (χ2n) is 12.7. The standard InChI is InChI=1S/C30H37FO8/c1-16-12-22-21-9-8-17-13-18(32)10-11-27(17,2)29(21,31)23(33)14-28(22,3)30(16,38)24(34)15-39-26(37)20-7-5-4-6-19(20)25(35)36/h4,6,10-11,13,16,19-23,33,38H,5,7-9,12,14-15H2,1-3H3,(H,35,36)/t16-,19?,20?,21+,22+,23+,27+,28+,29+,30+/m1/s1. The van der Waals surface area contributed by atoms with Gasteiger partial charge in [-0.25, -0.2) is 4.39 Å². The number of aliphatic carboxylic acids is 1. The Kier molecular flexibility index (Phi) is 6.58. The van der Waals surface area contributed by atoms with Crippen molar-refractivity contribution < 1.29 is 43.6 Å². The lowest BCUT2D eigenvalue weighted by molar-refractivity contribution is -0.220. The van der Waals surface area contributed by atoms with Gasteiger partial charge in [-0.15, -0.1) is 0 Å². The number of hydrogen-bond donors (Lipinski definition) is 3. The molecule has 3 fully saturated rings. The quantitative estimate of drug-likeness (QED) is 0.355. The largest absolute Gasteiger partial charge is 0.481 e. The van der Waals surface area contributed by atoms with Crippen molar-refractivity contribution in [2.45, 2.75) is 76.7 Å². The Morgan fingerprint density at radius 1 is 1.18 bits per heavy atom. The molecule has 39 heavy (non-hydrogen) atoms. The maximum atomic E-state index is 17.3. The number of aliphatic hydroxyl groups excluding tert-OH is 1. The minimum absolute atomic E-state index is 0.176. The molecule has 0 aromatic heterocycles. The molecular formula is C30H37FO8. The summed E-state index contributed by atoms with van der Waals surface area (Å²) in [6.07, 6.45) is 7.81. The van der Waals surface area contributed by atoms with Crippen molar-refractivity contribution in [1.82, 2.24) is 0 Å². The van der Waals surface area contributed by atoms with Gasteiger partial charge in [0.25, 0.3) is 0 Å². The second kappa shape index (κ2) is 9.20. The number of ketones is 2. The van der Waals surface area contributed by atoms with E-state index in [4.69, 9.17) is 4.74 Å². The van der Waals surface area contributed by atoms with Gasteiger partial charge >= 0.3 is 11.9 Å². The molecule has 5 aliphatic carbocycles. The van der Waals surface area contributed by atoms with E-state index < -0.39 is 82.1 Å². The number of carboxylic acids is 1. The van der Waals surface area contributed by atoms with Crippen molar-refractivity contribution in [1.29, 1.82) is 0 Å². The number of carbonyl (C=O) groups excluding carboxylic acids is 3. The lowest BCUT2D eigenvalue weighted by atomic mass is 9.44. The van der Waals surface area contributed by atoms with Crippen molar-refractivity contribution in [3.63, 3.8) is 0 Å². The van der Waals surface area contributed by atoms with Gasteiger partial charge in [-0.2, -0.15) is 0 Å². The Balaban J connectivity index is 1.40. The first-order chi connectivity index (χ1) is 18.2. The second-order valence-corrected chi connectivity index (χ2v) is 12.7. The van der Waals surface area contributed by atoms with Crippen LogP contribution in [0.25, 0.3) is 0 Å². The molecule has 3 saturated carbocycles. The van der Waals surface area contributed by atoms with Gasteiger partial charge in [0.2, 0.25) is 5.78 Å². The molecule has 9 heteroatoms. The van der Waals surface area contributed by atoms with Gasteiger partial charge in [-0.1, -0.05) is 37.6 Å². The van der Waals surface area contributed by atoms with Crippen molar-refractivity contribution >= 4 is 23.5 Å². The molecule has 0 radical (unpaired) electrons. The summed E-state index contributed by atoms with van der Waals surface area (Å²) in [5, 5.41) is 32.9. The Labute approximate surface area is 227 Å². The van der Waals surface area contributed by atoms with E-state index in [9.17, 15) is 34.5 Å². The number of Topliss-reactive ketones (excluding diaryl/α,β-unsaturated/α-hetero) is 1. The fourth-order valence-electron chi connectivity index (χ4n) is 8.85. The predicted molar refractivity (Wildman–Crippen MR) is 137 cm³/mol. The van der Waals surface area contributed by atoms with Crippen LogP contribution in [0.1, 0.15) is 59.3 Å². The number of aliphatic hydroxyl groups is 2. The third kappa shape index (κ3) is 3.68. The number of fused-ring (bicyclic) bond motifs is 5. The number of rotatable bonds is 5. The first-order valence-electron chi connectivity index (χ1n) is 13.8. The van der Waals surface area contributed by atoms with Crippen LogP contribution in [-0.2, 0) is 23.9 Å². The number of carbonyl (C=O) groups is 4. The number of halogens is 1. The summed E-state index contributed by atoms with van der Waals surface area (Å²) in [7, 11) is 0. The van der Waals surface area contributed by atoms with Gasteiger partial charge in [0.1, 0.15) is 5.60 Å². The Hall–Kier alpha value is -2.65. The van der Waals surface area contributed by atoms with Gasteiger partial charge in [0.15, 0.2) is 18.1 Å². The fourth-order valence-corrected chi connectivity index (χ4v) is 8.85. The van der Waals surface area contributed by atoms with Crippen LogP contribution in [0, 0.1) is 40.4 Å². The van der Waals surface area contributed by atoms with Gasteiger partial charge in [0, 0.05) is 16.7 Å². The van der Waals surface area contributed by atoms with Crippen LogP contribution in [0.15, 0.2) is 36.0 Å². The summed E-state index contributed by atoms with van der Waals surface area (Å²) in [5.74, 6) is -6.55. The molecule has 5 rings (SSSR count). The third-order valence-electron chi connectivity index (χ3n) is 11.0. The van der Waals surface area contributed by atoms with Crippen molar-refractivity contribution in [2.75, 3.05) is 6.61 Å². The highest BCUT2D eigenvalue weighted by Crippen LogP contribution is 2.70. The molecule has 0 heterocycles. The number of alkyl halides is 1. The number of esters is 1. The molecule has 0 aromatic rings. The van der Waals surface area contributed by atoms with Crippen LogP contribution in [0.2, 0.25) is 0 Å². The van der Waals surface area contributed by atoms with Crippen LogP contribution < -0.4 is 0 Å². The summed E-state index contributed by atoms with van der Waals surface area (Å²) < 4.78 is 22.6. The number of hydrogen-bond acceptors (Lipinski definition) is 7. The van der Waals surface area contributed by atoms with Crippen LogP contribution in [0.3, 0.4) is 0 Å². The first kappa shape index (κ1) is 27.9. The molecule has 0 aromatic carbocycles. The van der Waals surface area contributed by atoms with E-state index in [2.05, 4.69) is 0 Å². The zero-order valence-corrected chi connectivity index (χ0v) is 22.6. The summed E-state index contributed by atoms with van der Waals surface area (Å²) in [5.41, 5.74) is -5.77. The Bertz CT molecular complexity index is 1210. The average Bonchev–Trinajstić information content (AvgIpc) is 3.09. The van der Waals surface area contributed by atoms with E-state index in [1.54, 1.807) is 32.9 Å². The highest BCUT2D eigenvalue weighted by atomic mass is 19.1. The molecule has 8 nitrogen and oxygen atoms in total. The monoisotopic (exact) mass is 544 g/mol. The van der Waals surface area contributed by atoms with Crippen LogP contribution in [-0.4, -0.2) is 62.8 Å². The normalized spacial score (nSPS) is 46.5. The maximum absolute atomic E-state index is 17.3. The molecular weight excluding hydrogens is 507 g/mol.